The Morgan fingerprint density at radius 2 is 1.22 bits per heavy atom. The molecule has 49 heavy (non-hydrogen) atoms. The highest BCUT2D eigenvalue weighted by Crippen LogP contribution is 2.25. The third-order valence-electron chi connectivity index (χ3n) is 7.42. The number of para-hydroxylation sites is 1. The van der Waals surface area contributed by atoms with E-state index in [4.69, 9.17) is 18.9 Å². The molecule has 13 heteroatoms. The number of benzene rings is 2. The molecule has 2 heterocycles. The topological polar surface area (TPSA) is 153 Å². The highest BCUT2D eigenvalue weighted by Gasteiger charge is 2.29. The predicted octanol–water partition coefficient (Wildman–Crippen LogP) is 1.33. The van der Waals surface area contributed by atoms with Gasteiger partial charge in [0.2, 0.25) is 17.7 Å². The van der Waals surface area contributed by atoms with Crippen LogP contribution in [0.5, 0.6) is 0 Å². The molecule has 0 bridgehead atoms. The molecule has 0 spiro atoms. The summed E-state index contributed by atoms with van der Waals surface area (Å²) in [6, 6.07) is 15.4. The average molecular weight is 675 g/mol. The lowest BCUT2D eigenvalue weighted by atomic mass is 10.0. The molecule has 5 amide bonds. The normalized spacial score (nSPS) is 13.3. The largest absolute Gasteiger partial charge is 0.379 e. The summed E-state index contributed by atoms with van der Waals surface area (Å²) >= 11 is 0. The van der Waals surface area contributed by atoms with Crippen molar-refractivity contribution in [2.45, 2.75) is 25.8 Å². The minimum atomic E-state index is -0.629. The van der Waals surface area contributed by atoms with Gasteiger partial charge in [-0.05, 0) is 23.8 Å². The van der Waals surface area contributed by atoms with Crippen molar-refractivity contribution >= 4 is 35.2 Å². The van der Waals surface area contributed by atoms with E-state index in [1.807, 2.05) is 48.5 Å². The number of fused-ring (bicyclic) bond motifs is 2. The molecule has 2 aliphatic rings. The van der Waals surface area contributed by atoms with E-state index >= 15 is 0 Å². The quantitative estimate of drug-likeness (QED) is 0.113. The van der Waals surface area contributed by atoms with Crippen molar-refractivity contribution in [1.82, 2.24) is 15.5 Å². The van der Waals surface area contributed by atoms with Gasteiger partial charge in [-0.3, -0.25) is 24.0 Å². The third kappa shape index (κ3) is 12.4. The minimum Gasteiger partial charge on any atom is -0.379 e. The lowest BCUT2D eigenvalue weighted by molar-refractivity contribution is -0.149. The fraction of sp³-hybridized carbons (Fsp3) is 0.417. The van der Waals surface area contributed by atoms with Crippen LogP contribution in [0.15, 0.2) is 60.7 Å². The number of anilines is 1. The summed E-state index contributed by atoms with van der Waals surface area (Å²) in [5.41, 5.74) is 3.45. The second-order valence-corrected chi connectivity index (χ2v) is 10.9. The van der Waals surface area contributed by atoms with E-state index in [1.54, 1.807) is 4.90 Å². The van der Waals surface area contributed by atoms with Gasteiger partial charge in [-0.1, -0.05) is 42.2 Å². The molecular weight excluding hydrogens is 632 g/mol. The lowest BCUT2D eigenvalue weighted by Gasteiger charge is -2.26. The summed E-state index contributed by atoms with van der Waals surface area (Å²) in [5.74, 6) is 4.34. The zero-order chi connectivity index (χ0) is 34.7. The monoisotopic (exact) mass is 674 g/mol. The Bertz CT molecular complexity index is 1530. The Kier molecular flexibility index (Phi) is 15.6. The van der Waals surface area contributed by atoms with Crippen molar-refractivity contribution in [2.75, 3.05) is 77.4 Å². The van der Waals surface area contributed by atoms with Crippen LogP contribution in [0.3, 0.4) is 0 Å². The van der Waals surface area contributed by atoms with Crippen LogP contribution in [0.25, 0.3) is 0 Å². The molecule has 4 rings (SSSR count). The standard InChI is InChI=1S/C36H42N4O9/c41-32(38-17-14-33(42)39-27-30-7-2-1-5-28(30)9-10-29-6-3-4-8-31(29)39)13-16-37-18-20-47-22-24-49-26-25-48-23-21-46-19-15-36(45)40-34(43)11-12-35(40)44/h1-8,11-12,37H,13-27H2,(H,38,41). The summed E-state index contributed by atoms with van der Waals surface area (Å²) in [4.78, 5) is 62.6. The Labute approximate surface area is 285 Å². The predicted molar refractivity (Wildman–Crippen MR) is 179 cm³/mol. The van der Waals surface area contributed by atoms with Gasteiger partial charge in [0.05, 0.1) is 71.5 Å². The number of amides is 5. The molecule has 0 radical (unpaired) electrons. The molecule has 2 aromatic rings. The Balaban J connectivity index is 0.940. The second kappa shape index (κ2) is 20.6. The van der Waals surface area contributed by atoms with Crippen LogP contribution in [-0.2, 0) is 49.5 Å². The zero-order valence-electron chi connectivity index (χ0n) is 27.4. The molecular formula is C36H42N4O9. The molecule has 0 fully saturated rings. The Morgan fingerprint density at radius 3 is 1.94 bits per heavy atom. The van der Waals surface area contributed by atoms with Gasteiger partial charge < -0.3 is 34.5 Å². The molecule has 0 aliphatic carbocycles. The smallest absolute Gasteiger partial charge is 0.260 e. The van der Waals surface area contributed by atoms with Crippen molar-refractivity contribution < 1.29 is 42.9 Å². The second-order valence-electron chi connectivity index (χ2n) is 10.9. The van der Waals surface area contributed by atoms with E-state index in [9.17, 15) is 24.0 Å². The molecule has 2 aromatic carbocycles. The van der Waals surface area contributed by atoms with Gasteiger partial charge in [-0.2, -0.15) is 0 Å². The number of ether oxygens (including phenoxy) is 4. The van der Waals surface area contributed by atoms with Crippen molar-refractivity contribution in [3.05, 3.63) is 77.4 Å². The SMILES string of the molecule is O=C(CCNCCOCCOCCOCCOCCC(=O)N1C(=O)C=CC1=O)NCCC(=O)N1Cc2ccccc2C#Cc2ccccc21. The Hall–Kier alpha value is -4.71. The first-order chi connectivity index (χ1) is 23.9. The number of imide groups is 3. The average Bonchev–Trinajstić information content (AvgIpc) is 3.44. The van der Waals surface area contributed by atoms with Crippen LogP contribution in [0.4, 0.5) is 5.69 Å². The number of rotatable bonds is 21. The maximum absolute atomic E-state index is 13.3. The number of carbonyl (C=O) groups excluding carboxylic acids is 5. The first-order valence-electron chi connectivity index (χ1n) is 16.3. The van der Waals surface area contributed by atoms with Gasteiger partial charge in [0, 0.05) is 55.8 Å². The van der Waals surface area contributed by atoms with Crippen LogP contribution < -0.4 is 15.5 Å². The van der Waals surface area contributed by atoms with Crippen LogP contribution in [-0.4, -0.2) is 107 Å². The van der Waals surface area contributed by atoms with Crippen molar-refractivity contribution in [3.8, 4) is 11.8 Å². The summed E-state index contributed by atoms with van der Waals surface area (Å²) < 4.78 is 21.7. The van der Waals surface area contributed by atoms with Gasteiger partial charge in [0.15, 0.2) is 0 Å². The maximum atomic E-state index is 13.3. The summed E-state index contributed by atoms with van der Waals surface area (Å²) in [5, 5.41) is 6.00. The summed E-state index contributed by atoms with van der Waals surface area (Å²) in [7, 11) is 0. The fourth-order valence-corrected chi connectivity index (χ4v) is 4.89. The number of nitrogens with zero attached hydrogens (tertiary/aromatic N) is 2. The van der Waals surface area contributed by atoms with Gasteiger partial charge >= 0.3 is 0 Å². The van der Waals surface area contributed by atoms with Gasteiger partial charge in [0.1, 0.15) is 0 Å². The van der Waals surface area contributed by atoms with Crippen LogP contribution in [0.1, 0.15) is 36.0 Å². The van der Waals surface area contributed by atoms with E-state index in [1.165, 1.54) is 0 Å². The summed E-state index contributed by atoms with van der Waals surface area (Å²) in [6.07, 6.45) is 2.52. The van der Waals surface area contributed by atoms with Crippen LogP contribution in [0, 0.1) is 11.8 Å². The fourth-order valence-electron chi connectivity index (χ4n) is 4.89. The van der Waals surface area contributed by atoms with Crippen molar-refractivity contribution in [2.24, 2.45) is 0 Å². The molecule has 2 N–H and O–H groups in total. The number of hydrogen-bond donors (Lipinski definition) is 2. The molecule has 0 atom stereocenters. The lowest BCUT2D eigenvalue weighted by Crippen LogP contribution is -2.36. The van der Waals surface area contributed by atoms with Crippen LogP contribution in [0.2, 0.25) is 0 Å². The van der Waals surface area contributed by atoms with Gasteiger partial charge in [-0.15, -0.1) is 0 Å². The molecule has 0 saturated carbocycles. The molecule has 2 aliphatic heterocycles. The molecule has 0 aromatic heterocycles. The van der Waals surface area contributed by atoms with E-state index in [-0.39, 0.29) is 50.8 Å². The highest BCUT2D eigenvalue weighted by molar-refractivity contribution is 6.22. The number of carbonyl (C=O) groups is 5. The summed E-state index contributed by atoms with van der Waals surface area (Å²) in [6.45, 7) is 4.47. The van der Waals surface area contributed by atoms with Gasteiger partial charge in [-0.25, -0.2) is 4.90 Å². The minimum absolute atomic E-state index is 0.0698. The number of hydrogen-bond acceptors (Lipinski definition) is 10. The highest BCUT2D eigenvalue weighted by atomic mass is 16.6. The zero-order valence-corrected chi connectivity index (χ0v) is 27.4. The van der Waals surface area contributed by atoms with Crippen molar-refractivity contribution in [3.63, 3.8) is 0 Å². The van der Waals surface area contributed by atoms with Crippen LogP contribution >= 0.6 is 0 Å². The van der Waals surface area contributed by atoms with E-state index in [0.29, 0.717) is 64.2 Å². The van der Waals surface area contributed by atoms with E-state index in [2.05, 4.69) is 22.5 Å². The van der Waals surface area contributed by atoms with Crippen molar-refractivity contribution in [1.29, 1.82) is 0 Å². The number of nitrogens with one attached hydrogen (secondary N) is 2. The molecule has 260 valence electrons. The maximum Gasteiger partial charge on any atom is 0.260 e. The first kappa shape index (κ1) is 37.1. The molecule has 13 nitrogen and oxygen atoms in total. The van der Waals surface area contributed by atoms with E-state index in [0.717, 1.165) is 34.5 Å². The van der Waals surface area contributed by atoms with Gasteiger partial charge in [0.25, 0.3) is 11.8 Å². The Morgan fingerprint density at radius 1 is 0.633 bits per heavy atom. The first-order valence-corrected chi connectivity index (χ1v) is 16.3. The third-order valence-corrected chi connectivity index (χ3v) is 7.42. The van der Waals surface area contributed by atoms with E-state index < -0.39 is 17.7 Å². The molecule has 0 unspecified atom stereocenters. The molecule has 0 saturated heterocycles.